The summed E-state index contributed by atoms with van der Waals surface area (Å²) in [6.45, 7) is 8.96. The molecule has 0 aliphatic heterocycles. The number of amides is 1. The summed E-state index contributed by atoms with van der Waals surface area (Å²) in [5.41, 5.74) is 0.662. The van der Waals surface area contributed by atoms with Crippen LogP contribution in [0.5, 0.6) is 0 Å². The highest BCUT2D eigenvalue weighted by atomic mass is 16.1. The molecule has 0 spiro atoms. The minimum Gasteiger partial charge on any atom is -0.349 e. The lowest BCUT2D eigenvalue weighted by molar-refractivity contribution is -0.118. The van der Waals surface area contributed by atoms with E-state index in [1.165, 1.54) is 12.8 Å². The van der Waals surface area contributed by atoms with Gasteiger partial charge < -0.3 is 5.32 Å². The quantitative estimate of drug-likeness (QED) is 0.714. The van der Waals surface area contributed by atoms with Gasteiger partial charge >= 0.3 is 0 Å². The van der Waals surface area contributed by atoms with Crippen LogP contribution in [0.25, 0.3) is 0 Å². The lowest BCUT2D eigenvalue weighted by atomic mass is 9.69. The molecule has 0 saturated heterocycles. The summed E-state index contributed by atoms with van der Waals surface area (Å²) in [5, 5.41) is 3.18. The molecule has 0 aromatic heterocycles. The van der Waals surface area contributed by atoms with Crippen molar-refractivity contribution in [3.63, 3.8) is 0 Å². The summed E-state index contributed by atoms with van der Waals surface area (Å²) in [7, 11) is 0. The van der Waals surface area contributed by atoms with Gasteiger partial charge in [-0.05, 0) is 49.0 Å². The van der Waals surface area contributed by atoms with Crippen LogP contribution in [0.1, 0.15) is 47.0 Å². The van der Waals surface area contributed by atoms with Crippen LogP contribution in [-0.2, 0) is 4.79 Å². The molecule has 2 aliphatic carbocycles. The molecule has 2 saturated carbocycles. The van der Waals surface area contributed by atoms with Gasteiger partial charge in [0.05, 0.1) is 0 Å². The van der Waals surface area contributed by atoms with Crippen LogP contribution in [-0.4, -0.2) is 11.9 Å². The maximum absolute atomic E-state index is 11.6. The zero-order chi connectivity index (χ0) is 12.0. The Labute approximate surface area is 98.5 Å². The van der Waals surface area contributed by atoms with Crippen LogP contribution in [0.3, 0.4) is 0 Å². The van der Waals surface area contributed by atoms with Gasteiger partial charge in [-0.1, -0.05) is 26.8 Å². The van der Waals surface area contributed by atoms with Crippen molar-refractivity contribution < 1.29 is 4.79 Å². The predicted octanol–water partition coefficient (Wildman–Crippen LogP) is 2.89. The molecule has 0 heterocycles. The fourth-order valence-electron chi connectivity index (χ4n) is 3.79. The maximum Gasteiger partial charge on any atom is 0.243 e. The van der Waals surface area contributed by atoms with E-state index in [4.69, 9.17) is 0 Å². The van der Waals surface area contributed by atoms with E-state index in [1.807, 2.05) is 6.92 Å². The summed E-state index contributed by atoms with van der Waals surface area (Å²) in [4.78, 5) is 11.6. The van der Waals surface area contributed by atoms with Crippen LogP contribution in [0.15, 0.2) is 12.2 Å². The van der Waals surface area contributed by atoms with Gasteiger partial charge in [-0.2, -0.15) is 0 Å². The Hall–Kier alpha value is -0.790. The van der Waals surface area contributed by atoms with Crippen molar-refractivity contribution in [3.05, 3.63) is 12.2 Å². The molecule has 2 aliphatic rings. The number of fused-ring (bicyclic) bond motifs is 2. The Morgan fingerprint density at radius 3 is 2.50 bits per heavy atom. The zero-order valence-electron chi connectivity index (χ0n) is 10.8. The third-order valence-corrected chi connectivity index (χ3v) is 5.43. The Balaban J connectivity index is 2.13. The average Bonchev–Trinajstić information content (AvgIpc) is 2.51. The number of rotatable bonds is 2. The molecule has 3 atom stereocenters. The molecule has 0 aromatic rings. The van der Waals surface area contributed by atoms with E-state index >= 15 is 0 Å². The molecular formula is C14H23NO. The molecule has 2 heteroatoms. The van der Waals surface area contributed by atoms with E-state index in [9.17, 15) is 4.79 Å². The van der Waals surface area contributed by atoms with Crippen molar-refractivity contribution in [3.8, 4) is 0 Å². The fraction of sp³-hybridized carbons (Fsp3) is 0.786. The first-order valence-corrected chi connectivity index (χ1v) is 6.35. The molecular weight excluding hydrogens is 198 g/mol. The van der Waals surface area contributed by atoms with Crippen LogP contribution in [0, 0.1) is 16.7 Å². The van der Waals surface area contributed by atoms with Crippen molar-refractivity contribution in [1.29, 1.82) is 0 Å². The van der Waals surface area contributed by atoms with E-state index < -0.39 is 0 Å². The number of carbonyl (C=O) groups excluding carboxylic acids is 1. The highest BCUT2D eigenvalue weighted by Gasteiger charge is 2.61. The van der Waals surface area contributed by atoms with Gasteiger partial charge in [0.25, 0.3) is 0 Å². The molecule has 3 unspecified atom stereocenters. The number of carbonyl (C=O) groups is 1. The van der Waals surface area contributed by atoms with E-state index in [1.54, 1.807) is 12.2 Å². The molecule has 1 amide bonds. The topological polar surface area (TPSA) is 29.1 Å². The highest BCUT2D eigenvalue weighted by molar-refractivity contribution is 5.87. The first kappa shape index (κ1) is 11.7. The van der Waals surface area contributed by atoms with Gasteiger partial charge in [0, 0.05) is 6.04 Å². The fourth-order valence-corrected chi connectivity index (χ4v) is 3.79. The summed E-state index contributed by atoms with van der Waals surface area (Å²) < 4.78 is 0. The van der Waals surface area contributed by atoms with E-state index in [2.05, 4.69) is 26.1 Å². The molecule has 1 N–H and O–H groups in total. The highest BCUT2D eigenvalue weighted by Crippen LogP contribution is 2.65. The second-order valence-electron chi connectivity index (χ2n) is 6.17. The molecule has 2 fully saturated rings. The Morgan fingerprint density at radius 1 is 1.38 bits per heavy atom. The SMILES string of the molecule is CC=CC(=O)NC1CC2CCC1(C)C2(C)C. The minimum absolute atomic E-state index is 0.0667. The van der Waals surface area contributed by atoms with E-state index in [0.717, 1.165) is 12.3 Å². The van der Waals surface area contributed by atoms with Gasteiger partial charge in [-0.25, -0.2) is 0 Å². The van der Waals surface area contributed by atoms with Crippen LogP contribution in [0.2, 0.25) is 0 Å². The van der Waals surface area contributed by atoms with Crippen LogP contribution in [0.4, 0.5) is 0 Å². The van der Waals surface area contributed by atoms with Crippen molar-refractivity contribution in [2.45, 2.75) is 53.0 Å². The van der Waals surface area contributed by atoms with Gasteiger partial charge in [-0.3, -0.25) is 4.79 Å². The van der Waals surface area contributed by atoms with Gasteiger partial charge in [0.1, 0.15) is 0 Å². The second-order valence-corrected chi connectivity index (χ2v) is 6.17. The predicted molar refractivity (Wildman–Crippen MR) is 66.0 cm³/mol. The van der Waals surface area contributed by atoms with Crippen LogP contribution < -0.4 is 5.32 Å². The zero-order valence-corrected chi connectivity index (χ0v) is 10.8. The Morgan fingerprint density at radius 2 is 2.06 bits per heavy atom. The molecule has 0 aromatic carbocycles. The smallest absolute Gasteiger partial charge is 0.243 e. The maximum atomic E-state index is 11.6. The number of nitrogens with one attached hydrogen (secondary N) is 1. The van der Waals surface area contributed by atoms with Crippen molar-refractivity contribution in [2.75, 3.05) is 0 Å². The molecule has 16 heavy (non-hydrogen) atoms. The molecule has 90 valence electrons. The number of hydrogen-bond acceptors (Lipinski definition) is 1. The van der Waals surface area contributed by atoms with Crippen LogP contribution >= 0.6 is 0 Å². The third-order valence-electron chi connectivity index (χ3n) is 5.43. The average molecular weight is 221 g/mol. The summed E-state index contributed by atoms with van der Waals surface area (Å²) in [5.74, 6) is 0.852. The lowest BCUT2D eigenvalue weighted by Crippen LogP contribution is -2.46. The van der Waals surface area contributed by atoms with Gasteiger partial charge in [-0.15, -0.1) is 0 Å². The molecule has 2 nitrogen and oxygen atoms in total. The first-order chi connectivity index (χ1) is 7.41. The number of hydrogen-bond donors (Lipinski definition) is 1. The van der Waals surface area contributed by atoms with Crippen molar-refractivity contribution in [2.24, 2.45) is 16.7 Å². The summed E-state index contributed by atoms with van der Waals surface area (Å²) >= 11 is 0. The number of allylic oxidation sites excluding steroid dienone is 1. The standard InChI is InChI=1S/C14H23NO/c1-5-6-12(16)15-11-9-10-7-8-14(11,4)13(10,2)3/h5-6,10-11H,7-9H2,1-4H3,(H,15,16). The minimum atomic E-state index is 0.0667. The van der Waals surface area contributed by atoms with Gasteiger partial charge in [0.2, 0.25) is 5.91 Å². The van der Waals surface area contributed by atoms with Crippen molar-refractivity contribution in [1.82, 2.24) is 5.32 Å². The second kappa shape index (κ2) is 3.61. The van der Waals surface area contributed by atoms with Gasteiger partial charge in [0.15, 0.2) is 0 Å². The molecule has 0 radical (unpaired) electrons. The summed E-state index contributed by atoms with van der Waals surface area (Å²) in [6.07, 6.45) is 7.18. The Bertz CT molecular complexity index is 332. The van der Waals surface area contributed by atoms with E-state index in [0.29, 0.717) is 11.5 Å². The third kappa shape index (κ3) is 1.42. The monoisotopic (exact) mass is 221 g/mol. The Kier molecular flexibility index (Phi) is 2.64. The normalized spacial score (nSPS) is 40.5. The van der Waals surface area contributed by atoms with E-state index in [-0.39, 0.29) is 11.3 Å². The molecule has 2 bridgehead atoms. The van der Waals surface area contributed by atoms with Crippen molar-refractivity contribution >= 4 is 5.91 Å². The largest absolute Gasteiger partial charge is 0.349 e. The molecule has 2 rings (SSSR count). The first-order valence-electron chi connectivity index (χ1n) is 6.35. The summed E-state index contributed by atoms with van der Waals surface area (Å²) in [6, 6.07) is 0.366. The lowest BCUT2D eigenvalue weighted by Gasteiger charge is -2.39.